The summed E-state index contributed by atoms with van der Waals surface area (Å²) in [5.74, 6) is 0.629. The molecular formula is C16H24N4O. The number of anilines is 1. The number of guanidine groups is 1. The number of aliphatic imine (C=N–C) groups is 1. The molecule has 1 aromatic carbocycles. The van der Waals surface area contributed by atoms with Crippen LogP contribution < -0.4 is 11.1 Å². The Hall–Kier alpha value is -2.04. The average molecular weight is 288 g/mol. The van der Waals surface area contributed by atoms with Crippen molar-refractivity contribution in [3.8, 4) is 0 Å². The molecule has 0 aliphatic heterocycles. The quantitative estimate of drug-likeness (QED) is 0.623. The molecule has 0 heterocycles. The summed E-state index contributed by atoms with van der Waals surface area (Å²) < 4.78 is 0. The van der Waals surface area contributed by atoms with Gasteiger partial charge in [0.2, 0.25) is 5.91 Å². The number of rotatable bonds is 6. The zero-order chi connectivity index (χ0) is 15.2. The standard InChI is InChI=1S/C16H24N4O/c1-3-5-15(21)19-13-7-4-6-12(10-13)11-18-16(17)20(2)14-8-9-14/h4,6-7,10,14H,3,5,8-9,11H2,1-2H3,(H2,17,18)(H,19,21). The monoisotopic (exact) mass is 288 g/mol. The molecule has 0 atom stereocenters. The van der Waals surface area contributed by atoms with Crippen molar-refractivity contribution in [3.63, 3.8) is 0 Å². The Morgan fingerprint density at radius 2 is 2.24 bits per heavy atom. The van der Waals surface area contributed by atoms with E-state index in [9.17, 15) is 4.79 Å². The summed E-state index contributed by atoms with van der Waals surface area (Å²) in [5, 5.41) is 2.89. The van der Waals surface area contributed by atoms with Crippen molar-refractivity contribution in [2.75, 3.05) is 12.4 Å². The lowest BCUT2D eigenvalue weighted by Crippen LogP contribution is -2.35. The average Bonchev–Trinajstić information content (AvgIpc) is 3.29. The lowest BCUT2D eigenvalue weighted by Gasteiger charge is -2.16. The number of carbonyl (C=O) groups excluding carboxylic acids is 1. The molecule has 2 rings (SSSR count). The van der Waals surface area contributed by atoms with E-state index in [1.165, 1.54) is 12.8 Å². The van der Waals surface area contributed by atoms with Crippen molar-refractivity contribution in [1.82, 2.24) is 4.90 Å². The van der Waals surface area contributed by atoms with Crippen LogP contribution in [0.15, 0.2) is 29.3 Å². The molecule has 114 valence electrons. The number of hydrogen-bond acceptors (Lipinski definition) is 2. The second-order valence-corrected chi connectivity index (χ2v) is 5.52. The van der Waals surface area contributed by atoms with E-state index >= 15 is 0 Å². The zero-order valence-corrected chi connectivity index (χ0v) is 12.8. The Morgan fingerprint density at radius 3 is 2.90 bits per heavy atom. The summed E-state index contributed by atoms with van der Waals surface area (Å²) in [6, 6.07) is 8.31. The molecule has 5 nitrogen and oxygen atoms in total. The molecule has 5 heteroatoms. The first kappa shape index (κ1) is 15.4. The van der Waals surface area contributed by atoms with Crippen LogP contribution in [0.5, 0.6) is 0 Å². The van der Waals surface area contributed by atoms with E-state index in [0.29, 0.717) is 25.0 Å². The van der Waals surface area contributed by atoms with E-state index in [1.807, 2.05) is 43.1 Å². The van der Waals surface area contributed by atoms with Crippen molar-refractivity contribution in [3.05, 3.63) is 29.8 Å². The molecule has 0 unspecified atom stereocenters. The number of carbonyl (C=O) groups is 1. The fourth-order valence-electron chi connectivity index (χ4n) is 2.13. The summed E-state index contributed by atoms with van der Waals surface area (Å²) in [5.41, 5.74) is 7.82. The van der Waals surface area contributed by atoms with Gasteiger partial charge in [-0.15, -0.1) is 0 Å². The van der Waals surface area contributed by atoms with E-state index in [1.54, 1.807) is 0 Å². The van der Waals surface area contributed by atoms with Gasteiger partial charge in [-0.2, -0.15) is 0 Å². The third kappa shape index (κ3) is 4.77. The molecule has 1 aromatic rings. The van der Waals surface area contributed by atoms with Crippen LogP contribution >= 0.6 is 0 Å². The molecule has 0 bridgehead atoms. The first-order valence-electron chi connectivity index (χ1n) is 7.51. The van der Waals surface area contributed by atoms with E-state index < -0.39 is 0 Å². The van der Waals surface area contributed by atoms with Gasteiger partial charge in [0.05, 0.1) is 6.54 Å². The largest absolute Gasteiger partial charge is 0.370 e. The predicted octanol–water partition coefficient (Wildman–Crippen LogP) is 2.33. The molecule has 1 aliphatic carbocycles. The molecule has 1 fully saturated rings. The smallest absolute Gasteiger partial charge is 0.224 e. The van der Waals surface area contributed by atoms with Gasteiger partial charge in [0.1, 0.15) is 0 Å². The Labute approximate surface area is 126 Å². The predicted molar refractivity (Wildman–Crippen MR) is 86.1 cm³/mol. The highest BCUT2D eigenvalue weighted by Crippen LogP contribution is 2.25. The number of nitrogens with two attached hydrogens (primary N) is 1. The summed E-state index contributed by atoms with van der Waals surface area (Å²) in [6.07, 6.45) is 3.79. The Bertz CT molecular complexity index is 523. The van der Waals surface area contributed by atoms with Crippen LogP contribution in [-0.4, -0.2) is 29.9 Å². The second kappa shape index (κ2) is 7.11. The van der Waals surface area contributed by atoms with Gasteiger partial charge >= 0.3 is 0 Å². The molecule has 0 spiro atoms. The maximum absolute atomic E-state index is 11.6. The normalized spacial score (nSPS) is 14.9. The highest BCUT2D eigenvalue weighted by molar-refractivity contribution is 5.90. The van der Waals surface area contributed by atoms with Crippen molar-refractivity contribution in [1.29, 1.82) is 0 Å². The van der Waals surface area contributed by atoms with Crippen molar-refractivity contribution < 1.29 is 4.79 Å². The van der Waals surface area contributed by atoms with Crippen LogP contribution in [0.25, 0.3) is 0 Å². The third-order valence-corrected chi connectivity index (χ3v) is 3.57. The minimum absolute atomic E-state index is 0.0473. The molecular weight excluding hydrogens is 264 g/mol. The number of nitrogens with zero attached hydrogens (tertiary/aromatic N) is 2. The lowest BCUT2D eigenvalue weighted by molar-refractivity contribution is -0.116. The molecule has 3 N–H and O–H groups in total. The molecule has 0 radical (unpaired) electrons. The Balaban J connectivity index is 1.94. The van der Waals surface area contributed by atoms with E-state index in [-0.39, 0.29) is 5.91 Å². The molecule has 1 aliphatic rings. The molecule has 21 heavy (non-hydrogen) atoms. The van der Waals surface area contributed by atoms with Crippen molar-refractivity contribution in [2.45, 2.75) is 45.2 Å². The van der Waals surface area contributed by atoms with Crippen LogP contribution in [0.2, 0.25) is 0 Å². The van der Waals surface area contributed by atoms with E-state index in [4.69, 9.17) is 5.73 Å². The van der Waals surface area contributed by atoms with Gasteiger partial charge in [0.25, 0.3) is 0 Å². The maximum atomic E-state index is 11.6. The highest BCUT2D eigenvalue weighted by atomic mass is 16.1. The number of benzene rings is 1. The zero-order valence-electron chi connectivity index (χ0n) is 12.8. The van der Waals surface area contributed by atoms with Gasteiger partial charge in [0.15, 0.2) is 5.96 Å². The topological polar surface area (TPSA) is 70.7 Å². The van der Waals surface area contributed by atoms with Crippen LogP contribution in [0.1, 0.15) is 38.2 Å². The van der Waals surface area contributed by atoms with Crippen LogP contribution in [0.4, 0.5) is 5.69 Å². The fraction of sp³-hybridized carbons (Fsp3) is 0.500. The first-order valence-corrected chi connectivity index (χ1v) is 7.51. The fourth-order valence-corrected chi connectivity index (χ4v) is 2.13. The lowest BCUT2D eigenvalue weighted by atomic mass is 10.2. The maximum Gasteiger partial charge on any atom is 0.224 e. The van der Waals surface area contributed by atoms with Gasteiger partial charge in [-0.1, -0.05) is 19.1 Å². The van der Waals surface area contributed by atoms with Gasteiger partial charge in [-0.3, -0.25) is 4.79 Å². The number of hydrogen-bond donors (Lipinski definition) is 2. The van der Waals surface area contributed by atoms with Gasteiger partial charge in [0, 0.05) is 25.2 Å². The van der Waals surface area contributed by atoms with Gasteiger partial charge in [-0.25, -0.2) is 4.99 Å². The molecule has 1 amide bonds. The van der Waals surface area contributed by atoms with Crippen LogP contribution in [0.3, 0.4) is 0 Å². The summed E-state index contributed by atoms with van der Waals surface area (Å²) >= 11 is 0. The summed E-state index contributed by atoms with van der Waals surface area (Å²) in [6.45, 7) is 2.52. The molecule has 0 aromatic heterocycles. The van der Waals surface area contributed by atoms with Crippen molar-refractivity contribution >= 4 is 17.6 Å². The number of nitrogens with one attached hydrogen (secondary N) is 1. The number of amides is 1. The van der Waals surface area contributed by atoms with Crippen molar-refractivity contribution in [2.24, 2.45) is 10.7 Å². The minimum atomic E-state index is 0.0473. The molecule has 0 saturated heterocycles. The summed E-state index contributed by atoms with van der Waals surface area (Å²) in [7, 11) is 1.98. The van der Waals surface area contributed by atoms with Gasteiger partial charge in [-0.05, 0) is 37.0 Å². The highest BCUT2D eigenvalue weighted by Gasteiger charge is 2.27. The first-order chi connectivity index (χ1) is 10.1. The summed E-state index contributed by atoms with van der Waals surface area (Å²) in [4.78, 5) is 18.1. The third-order valence-electron chi connectivity index (χ3n) is 3.57. The molecule has 1 saturated carbocycles. The van der Waals surface area contributed by atoms with Crippen LogP contribution in [-0.2, 0) is 11.3 Å². The van der Waals surface area contributed by atoms with Gasteiger partial charge < -0.3 is 16.0 Å². The second-order valence-electron chi connectivity index (χ2n) is 5.52. The minimum Gasteiger partial charge on any atom is -0.370 e. The van der Waals surface area contributed by atoms with E-state index in [0.717, 1.165) is 17.7 Å². The SMILES string of the molecule is CCCC(=O)Nc1cccc(CN=C(N)N(C)C2CC2)c1. The van der Waals surface area contributed by atoms with Crippen LogP contribution in [0, 0.1) is 0 Å². The Kier molecular flexibility index (Phi) is 5.20. The Morgan fingerprint density at radius 1 is 1.48 bits per heavy atom. The van der Waals surface area contributed by atoms with E-state index in [2.05, 4.69) is 10.3 Å².